The molecule has 1 aliphatic heterocycles. The minimum absolute atomic E-state index is 0.0844. The van der Waals surface area contributed by atoms with Crippen molar-refractivity contribution in [2.24, 2.45) is 0 Å². The number of aromatic nitrogens is 4. The van der Waals surface area contributed by atoms with E-state index in [-0.39, 0.29) is 11.9 Å². The monoisotopic (exact) mass is 286 g/mol. The average Bonchev–Trinajstić information content (AvgIpc) is 3.09. The summed E-state index contributed by atoms with van der Waals surface area (Å²) in [5.41, 5.74) is 0. The van der Waals surface area contributed by atoms with Crippen molar-refractivity contribution in [3.05, 3.63) is 37.1 Å². The molecule has 7 heteroatoms. The Morgan fingerprint density at radius 1 is 1.24 bits per heavy atom. The third kappa shape index (κ3) is 2.86. The van der Waals surface area contributed by atoms with Crippen LogP contribution in [0.3, 0.4) is 0 Å². The van der Waals surface area contributed by atoms with E-state index in [1.807, 2.05) is 30.0 Å². The molecule has 0 bridgehead atoms. The second kappa shape index (κ2) is 5.90. The molecule has 1 atom stereocenters. The lowest BCUT2D eigenvalue weighted by molar-refractivity contribution is -0.134. The Morgan fingerprint density at radius 3 is 2.67 bits per heavy atom. The van der Waals surface area contributed by atoms with Gasteiger partial charge in [0.1, 0.15) is 24.5 Å². The topological polar surface area (TPSA) is 67.2 Å². The summed E-state index contributed by atoms with van der Waals surface area (Å²) in [6.45, 7) is 4.85. The highest BCUT2D eigenvalue weighted by Gasteiger charge is 2.26. The summed E-state index contributed by atoms with van der Waals surface area (Å²) < 4.78 is 1.59. The molecular weight excluding hydrogens is 268 g/mol. The standard InChI is InChI=1S/C14H18N6O/c1-12(20-11-15-10-17-20)14(21)19-8-6-18(7-9-19)13-4-2-3-5-16-13/h2-5,10-12H,6-9H2,1H3. The van der Waals surface area contributed by atoms with Crippen LogP contribution in [0.2, 0.25) is 0 Å². The number of carbonyl (C=O) groups is 1. The zero-order valence-electron chi connectivity index (χ0n) is 12.0. The van der Waals surface area contributed by atoms with Gasteiger partial charge >= 0.3 is 0 Å². The third-order valence-electron chi connectivity index (χ3n) is 3.76. The fraction of sp³-hybridized carbons (Fsp3) is 0.429. The van der Waals surface area contributed by atoms with E-state index >= 15 is 0 Å². The lowest BCUT2D eigenvalue weighted by Crippen LogP contribution is -2.50. The molecule has 1 amide bonds. The van der Waals surface area contributed by atoms with Crippen molar-refractivity contribution >= 4 is 11.7 Å². The number of piperazine rings is 1. The highest BCUT2D eigenvalue weighted by atomic mass is 16.2. The molecule has 3 heterocycles. The maximum atomic E-state index is 12.4. The van der Waals surface area contributed by atoms with Crippen LogP contribution >= 0.6 is 0 Å². The van der Waals surface area contributed by atoms with E-state index < -0.39 is 0 Å². The average molecular weight is 286 g/mol. The number of hydrogen-bond donors (Lipinski definition) is 0. The first-order valence-corrected chi connectivity index (χ1v) is 7.04. The van der Waals surface area contributed by atoms with Gasteiger partial charge in [0.05, 0.1) is 0 Å². The first kappa shape index (κ1) is 13.5. The van der Waals surface area contributed by atoms with E-state index in [0.29, 0.717) is 13.1 Å². The quantitative estimate of drug-likeness (QED) is 0.826. The molecule has 2 aromatic heterocycles. The Hall–Kier alpha value is -2.44. The smallest absolute Gasteiger partial charge is 0.247 e. The summed E-state index contributed by atoms with van der Waals surface area (Å²) in [6.07, 6.45) is 4.81. The minimum atomic E-state index is -0.311. The largest absolute Gasteiger partial charge is 0.353 e. The Bertz CT molecular complexity index is 577. The Labute approximate surface area is 123 Å². The summed E-state index contributed by atoms with van der Waals surface area (Å²) in [7, 11) is 0. The molecule has 0 aliphatic carbocycles. The van der Waals surface area contributed by atoms with Crippen LogP contribution in [0, 0.1) is 0 Å². The molecule has 0 saturated carbocycles. The molecule has 0 aromatic carbocycles. The maximum absolute atomic E-state index is 12.4. The van der Waals surface area contributed by atoms with Crippen molar-refractivity contribution in [2.45, 2.75) is 13.0 Å². The number of nitrogens with zero attached hydrogens (tertiary/aromatic N) is 6. The van der Waals surface area contributed by atoms with Crippen molar-refractivity contribution in [1.29, 1.82) is 0 Å². The van der Waals surface area contributed by atoms with Crippen molar-refractivity contribution in [1.82, 2.24) is 24.6 Å². The fourth-order valence-electron chi connectivity index (χ4n) is 2.49. The molecule has 0 spiro atoms. The van der Waals surface area contributed by atoms with Gasteiger partial charge in [0.2, 0.25) is 5.91 Å². The van der Waals surface area contributed by atoms with Crippen LogP contribution in [0.15, 0.2) is 37.1 Å². The summed E-state index contributed by atoms with van der Waals surface area (Å²) in [6, 6.07) is 5.57. The molecule has 3 rings (SSSR count). The Kier molecular flexibility index (Phi) is 3.81. The summed E-state index contributed by atoms with van der Waals surface area (Å²) in [4.78, 5) is 24.8. The van der Waals surface area contributed by atoms with Crippen LogP contribution < -0.4 is 4.90 Å². The molecule has 0 radical (unpaired) electrons. The summed E-state index contributed by atoms with van der Waals surface area (Å²) in [5, 5.41) is 4.03. The van der Waals surface area contributed by atoms with E-state index in [2.05, 4.69) is 20.0 Å². The maximum Gasteiger partial charge on any atom is 0.247 e. The molecule has 1 unspecified atom stereocenters. The molecule has 2 aromatic rings. The van der Waals surface area contributed by atoms with Gasteiger partial charge in [0, 0.05) is 32.4 Å². The van der Waals surface area contributed by atoms with Crippen LogP contribution in [0.4, 0.5) is 5.82 Å². The number of amides is 1. The number of carbonyl (C=O) groups excluding carboxylic acids is 1. The van der Waals surface area contributed by atoms with Crippen molar-refractivity contribution in [3.63, 3.8) is 0 Å². The molecule has 7 nitrogen and oxygen atoms in total. The van der Waals surface area contributed by atoms with E-state index in [4.69, 9.17) is 0 Å². The number of hydrogen-bond acceptors (Lipinski definition) is 5. The van der Waals surface area contributed by atoms with Crippen molar-refractivity contribution in [2.75, 3.05) is 31.1 Å². The van der Waals surface area contributed by atoms with Gasteiger partial charge < -0.3 is 9.80 Å². The normalized spacial score (nSPS) is 16.8. The molecular formula is C14H18N6O. The zero-order chi connectivity index (χ0) is 14.7. The van der Waals surface area contributed by atoms with Crippen molar-refractivity contribution in [3.8, 4) is 0 Å². The molecule has 1 aliphatic rings. The summed E-state index contributed by atoms with van der Waals surface area (Å²) >= 11 is 0. The lowest BCUT2D eigenvalue weighted by atomic mass is 10.2. The van der Waals surface area contributed by atoms with E-state index in [1.165, 1.54) is 6.33 Å². The minimum Gasteiger partial charge on any atom is -0.353 e. The van der Waals surface area contributed by atoms with Crippen LogP contribution in [0.1, 0.15) is 13.0 Å². The van der Waals surface area contributed by atoms with Gasteiger partial charge in [-0.2, -0.15) is 5.10 Å². The van der Waals surface area contributed by atoms with Crippen LogP contribution in [-0.4, -0.2) is 56.7 Å². The number of anilines is 1. The van der Waals surface area contributed by atoms with E-state index in [9.17, 15) is 4.79 Å². The SMILES string of the molecule is CC(C(=O)N1CCN(c2ccccn2)CC1)n1cncn1. The number of pyridine rings is 1. The highest BCUT2D eigenvalue weighted by Crippen LogP contribution is 2.15. The fourth-order valence-corrected chi connectivity index (χ4v) is 2.49. The van der Waals surface area contributed by atoms with Gasteiger partial charge in [0.15, 0.2) is 0 Å². The Balaban J connectivity index is 1.59. The third-order valence-corrected chi connectivity index (χ3v) is 3.76. The lowest BCUT2D eigenvalue weighted by Gasteiger charge is -2.36. The molecule has 110 valence electrons. The zero-order valence-corrected chi connectivity index (χ0v) is 12.0. The van der Waals surface area contributed by atoms with Gasteiger partial charge in [-0.05, 0) is 19.1 Å². The van der Waals surface area contributed by atoms with Crippen LogP contribution in [0.25, 0.3) is 0 Å². The van der Waals surface area contributed by atoms with Gasteiger partial charge in [-0.3, -0.25) is 4.79 Å². The highest BCUT2D eigenvalue weighted by molar-refractivity contribution is 5.80. The second-order valence-electron chi connectivity index (χ2n) is 5.05. The van der Waals surface area contributed by atoms with Crippen molar-refractivity contribution < 1.29 is 4.79 Å². The molecule has 1 fully saturated rings. The van der Waals surface area contributed by atoms with Crippen LogP contribution in [0.5, 0.6) is 0 Å². The predicted octanol–water partition coefficient (Wildman–Crippen LogP) is 0.583. The molecule has 0 N–H and O–H groups in total. The second-order valence-corrected chi connectivity index (χ2v) is 5.05. The predicted molar refractivity (Wildman–Crippen MR) is 77.8 cm³/mol. The van der Waals surface area contributed by atoms with Gasteiger partial charge in [-0.15, -0.1) is 0 Å². The van der Waals surface area contributed by atoms with E-state index in [1.54, 1.807) is 17.2 Å². The Morgan fingerprint density at radius 2 is 2.05 bits per heavy atom. The van der Waals surface area contributed by atoms with E-state index in [0.717, 1.165) is 18.9 Å². The summed E-state index contributed by atoms with van der Waals surface area (Å²) in [5.74, 6) is 1.05. The molecule has 1 saturated heterocycles. The first-order chi connectivity index (χ1) is 10.3. The number of rotatable bonds is 3. The first-order valence-electron chi connectivity index (χ1n) is 7.04. The molecule has 21 heavy (non-hydrogen) atoms. The van der Waals surface area contributed by atoms with Gasteiger partial charge in [0.25, 0.3) is 0 Å². The van der Waals surface area contributed by atoms with Crippen LogP contribution in [-0.2, 0) is 4.79 Å². The van der Waals surface area contributed by atoms with Gasteiger partial charge in [-0.25, -0.2) is 14.6 Å². The van der Waals surface area contributed by atoms with Gasteiger partial charge in [-0.1, -0.05) is 6.07 Å².